The summed E-state index contributed by atoms with van der Waals surface area (Å²) in [6, 6.07) is 21.7. The van der Waals surface area contributed by atoms with Crippen molar-refractivity contribution in [3.05, 3.63) is 94.5 Å². The first-order valence-corrected chi connectivity index (χ1v) is 8.71. The van der Waals surface area contributed by atoms with Gasteiger partial charge in [-0.3, -0.25) is 10.1 Å². The van der Waals surface area contributed by atoms with Crippen LogP contribution >= 0.6 is 0 Å². The van der Waals surface area contributed by atoms with Gasteiger partial charge in [0.2, 0.25) is 0 Å². The summed E-state index contributed by atoms with van der Waals surface area (Å²) in [5.74, 6) is 1.12. The van der Waals surface area contributed by atoms with E-state index in [1.165, 1.54) is 12.1 Å². The largest absolute Gasteiger partial charge is 0.455 e. The molecule has 2 N–H and O–H groups in total. The summed E-state index contributed by atoms with van der Waals surface area (Å²) >= 11 is 0. The van der Waals surface area contributed by atoms with E-state index < -0.39 is 11.0 Å². The fraction of sp³-hybridized carbons (Fsp3) is 0.0476. The summed E-state index contributed by atoms with van der Waals surface area (Å²) in [7, 11) is 0. The molecule has 8 heteroatoms. The van der Waals surface area contributed by atoms with Crippen LogP contribution in [0.1, 0.15) is 12.5 Å². The minimum absolute atomic E-state index is 0.0477. The van der Waals surface area contributed by atoms with Gasteiger partial charge in [0.15, 0.2) is 5.75 Å². The Kier molecular flexibility index (Phi) is 6.16. The molecule has 3 aromatic carbocycles. The number of ether oxygens (including phenoxy) is 1. The number of rotatable bonds is 6. The molecule has 3 aromatic rings. The molecular weight excluding hydrogens is 372 g/mol. The van der Waals surface area contributed by atoms with E-state index in [2.05, 4.69) is 15.8 Å². The second kappa shape index (κ2) is 9.14. The Balaban J connectivity index is 1.67. The standard InChI is InChI=1S/C21H18N4O4/c1-15(16-8-7-9-17(14-16)25(27)28)23-24-21(26)22-19-12-5-6-13-20(19)29-18-10-3-2-4-11-18/h2-14H,1H3,(H2,22,24,26)/b23-15+. The number of nitro benzene ring substituents is 1. The number of nitrogens with one attached hydrogen (secondary N) is 2. The van der Waals surface area contributed by atoms with E-state index in [1.54, 1.807) is 43.3 Å². The molecule has 0 aromatic heterocycles. The Morgan fingerprint density at radius 3 is 2.48 bits per heavy atom. The lowest BCUT2D eigenvalue weighted by atomic mass is 10.1. The van der Waals surface area contributed by atoms with Crippen molar-refractivity contribution in [1.29, 1.82) is 0 Å². The molecule has 0 bridgehead atoms. The van der Waals surface area contributed by atoms with Gasteiger partial charge >= 0.3 is 6.03 Å². The molecule has 0 spiro atoms. The number of carbonyl (C=O) groups is 1. The summed E-state index contributed by atoms with van der Waals surface area (Å²) in [4.78, 5) is 22.6. The van der Waals surface area contributed by atoms with Crippen molar-refractivity contribution in [2.24, 2.45) is 5.10 Å². The topological polar surface area (TPSA) is 106 Å². The molecule has 0 saturated heterocycles. The fourth-order valence-corrected chi connectivity index (χ4v) is 2.47. The summed E-state index contributed by atoms with van der Waals surface area (Å²) in [6.07, 6.45) is 0. The van der Waals surface area contributed by atoms with Crippen molar-refractivity contribution in [3.63, 3.8) is 0 Å². The van der Waals surface area contributed by atoms with E-state index in [1.807, 2.05) is 30.3 Å². The van der Waals surface area contributed by atoms with Crippen molar-refractivity contribution in [3.8, 4) is 11.5 Å². The van der Waals surface area contributed by atoms with Gasteiger partial charge in [0.05, 0.1) is 16.3 Å². The molecule has 0 fully saturated rings. The summed E-state index contributed by atoms with van der Waals surface area (Å²) in [5.41, 5.74) is 3.77. The number of non-ortho nitro benzene ring substituents is 1. The number of urea groups is 1. The van der Waals surface area contributed by atoms with Gasteiger partial charge in [0.1, 0.15) is 5.75 Å². The van der Waals surface area contributed by atoms with Crippen molar-refractivity contribution in [1.82, 2.24) is 5.43 Å². The second-order valence-corrected chi connectivity index (χ2v) is 5.98. The molecule has 2 amide bonds. The predicted molar refractivity (Wildman–Crippen MR) is 110 cm³/mol. The van der Waals surface area contributed by atoms with Crippen LogP contribution in [0, 0.1) is 10.1 Å². The summed E-state index contributed by atoms with van der Waals surface area (Å²) < 4.78 is 5.80. The monoisotopic (exact) mass is 390 g/mol. The highest BCUT2D eigenvalue weighted by molar-refractivity contribution is 6.00. The third-order valence-electron chi connectivity index (χ3n) is 3.91. The van der Waals surface area contributed by atoms with E-state index in [-0.39, 0.29) is 5.69 Å². The van der Waals surface area contributed by atoms with Gasteiger partial charge in [0.25, 0.3) is 5.69 Å². The van der Waals surface area contributed by atoms with Crippen molar-refractivity contribution in [2.75, 3.05) is 5.32 Å². The predicted octanol–water partition coefficient (Wildman–Crippen LogP) is 4.93. The first-order valence-electron chi connectivity index (χ1n) is 8.71. The molecule has 0 aliphatic heterocycles. The molecule has 3 rings (SSSR count). The van der Waals surface area contributed by atoms with Gasteiger partial charge in [-0.2, -0.15) is 5.10 Å². The molecule has 0 atom stereocenters. The zero-order chi connectivity index (χ0) is 20.6. The highest BCUT2D eigenvalue weighted by atomic mass is 16.6. The van der Waals surface area contributed by atoms with E-state index in [9.17, 15) is 14.9 Å². The number of nitro groups is 1. The lowest BCUT2D eigenvalue weighted by Crippen LogP contribution is -2.25. The number of nitrogens with zero attached hydrogens (tertiary/aromatic N) is 2. The number of hydrazone groups is 1. The fourth-order valence-electron chi connectivity index (χ4n) is 2.47. The van der Waals surface area contributed by atoms with Gasteiger partial charge in [-0.1, -0.05) is 42.5 Å². The maximum absolute atomic E-state index is 12.2. The smallest absolute Gasteiger partial charge is 0.339 e. The zero-order valence-corrected chi connectivity index (χ0v) is 15.5. The van der Waals surface area contributed by atoms with Crippen LogP contribution < -0.4 is 15.5 Å². The van der Waals surface area contributed by atoms with Crippen molar-refractivity contribution in [2.45, 2.75) is 6.92 Å². The summed E-state index contributed by atoms with van der Waals surface area (Å²) in [5, 5.41) is 17.6. The number of hydrogen-bond acceptors (Lipinski definition) is 5. The third kappa shape index (κ3) is 5.39. The van der Waals surface area contributed by atoms with Crippen molar-refractivity contribution < 1.29 is 14.5 Å². The number of hydrogen-bond donors (Lipinski definition) is 2. The molecule has 146 valence electrons. The van der Waals surface area contributed by atoms with Gasteiger partial charge in [0, 0.05) is 17.7 Å². The maximum Gasteiger partial charge on any atom is 0.339 e. The zero-order valence-electron chi connectivity index (χ0n) is 15.5. The lowest BCUT2D eigenvalue weighted by Gasteiger charge is -2.12. The molecule has 0 heterocycles. The molecule has 0 unspecified atom stereocenters. The van der Waals surface area contributed by atoms with Gasteiger partial charge in [-0.25, -0.2) is 10.2 Å². The molecular formula is C21H18N4O4. The minimum Gasteiger partial charge on any atom is -0.455 e. The molecule has 0 aliphatic rings. The van der Waals surface area contributed by atoms with E-state index in [0.717, 1.165) is 0 Å². The average Bonchev–Trinajstić information content (AvgIpc) is 2.74. The van der Waals surface area contributed by atoms with Crippen LogP contribution in [0.4, 0.5) is 16.2 Å². The van der Waals surface area contributed by atoms with Crippen LogP contribution in [-0.2, 0) is 0 Å². The molecule has 0 radical (unpaired) electrons. The number of amides is 2. The number of carbonyl (C=O) groups excluding carboxylic acids is 1. The average molecular weight is 390 g/mol. The lowest BCUT2D eigenvalue weighted by molar-refractivity contribution is -0.384. The van der Waals surface area contributed by atoms with Gasteiger partial charge < -0.3 is 10.1 Å². The molecule has 0 aliphatic carbocycles. The van der Waals surface area contributed by atoms with Gasteiger partial charge in [-0.15, -0.1) is 0 Å². The number of anilines is 1. The number of benzene rings is 3. The first-order chi connectivity index (χ1) is 14.0. The van der Waals surface area contributed by atoms with E-state index in [4.69, 9.17) is 4.74 Å². The third-order valence-corrected chi connectivity index (χ3v) is 3.91. The Bertz CT molecular complexity index is 1050. The maximum atomic E-state index is 12.2. The van der Waals surface area contributed by atoms with Crippen LogP contribution in [-0.4, -0.2) is 16.7 Å². The summed E-state index contributed by atoms with van der Waals surface area (Å²) in [6.45, 7) is 1.64. The van der Waals surface area contributed by atoms with Crippen LogP contribution in [0.15, 0.2) is 84.0 Å². The van der Waals surface area contributed by atoms with Crippen LogP contribution in [0.5, 0.6) is 11.5 Å². The van der Waals surface area contributed by atoms with E-state index >= 15 is 0 Å². The quantitative estimate of drug-likeness (QED) is 0.353. The highest BCUT2D eigenvalue weighted by Gasteiger charge is 2.10. The Hall–Kier alpha value is -4.20. The second-order valence-electron chi connectivity index (χ2n) is 5.98. The van der Waals surface area contributed by atoms with Crippen LogP contribution in [0.2, 0.25) is 0 Å². The molecule has 29 heavy (non-hydrogen) atoms. The Morgan fingerprint density at radius 1 is 1.00 bits per heavy atom. The normalized spacial score (nSPS) is 10.9. The van der Waals surface area contributed by atoms with Gasteiger partial charge in [-0.05, 0) is 31.2 Å². The molecule has 0 saturated carbocycles. The number of para-hydroxylation sites is 3. The SMILES string of the molecule is C/C(=N\NC(=O)Nc1ccccc1Oc1ccccc1)c1cccc([N+](=O)[O-])c1. The minimum atomic E-state index is -0.570. The van der Waals surface area contributed by atoms with Crippen LogP contribution in [0.25, 0.3) is 0 Å². The first kappa shape index (κ1) is 19.6. The highest BCUT2D eigenvalue weighted by Crippen LogP contribution is 2.28. The Labute approximate surface area is 167 Å². The van der Waals surface area contributed by atoms with Crippen molar-refractivity contribution >= 4 is 23.1 Å². The van der Waals surface area contributed by atoms with Crippen LogP contribution in [0.3, 0.4) is 0 Å². The molecule has 8 nitrogen and oxygen atoms in total. The Morgan fingerprint density at radius 2 is 1.72 bits per heavy atom. The van der Waals surface area contributed by atoms with E-state index in [0.29, 0.717) is 28.5 Å².